The molecule has 1 aliphatic rings. The molecule has 1 aliphatic carbocycles. The summed E-state index contributed by atoms with van der Waals surface area (Å²) in [7, 11) is -3.69. The van der Waals surface area contributed by atoms with Gasteiger partial charge in [0.15, 0.2) is 14.6 Å². The molecule has 0 aromatic heterocycles. The molecule has 0 aromatic rings. The van der Waals surface area contributed by atoms with Gasteiger partial charge in [0.25, 0.3) is 0 Å². The molecule has 1 fully saturated rings. The summed E-state index contributed by atoms with van der Waals surface area (Å²) in [5, 5.41) is 0. The fraction of sp³-hybridized carbons (Fsp3) is 0.857. The highest BCUT2D eigenvalue weighted by molar-refractivity contribution is 7.93. The third-order valence-electron chi connectivity index (χ3n) is 4.16. The highest BCUT2D eigenvalue weighted by Crippen LogP contribution is 2.46. The number of esters is 2. The molecule has 6 nitrogen and oxygen atoms in total. The summed E-state index contributed by atoms with van der Waals surface area (Å²) in [4.78, 5) is 24.3. The van der Waals surface area contributed by atoms with Crippen LogP contribution in [0.1, 0.15) is 40.5 Å². The zero-order valence-electron chi connectivity index (χ0n) is 13.0. The van der Waals surface area contributed by atoms with Crippen LogP contribution in [0, 0.1) is 11.8 Å². The SMILES string of the molecule is CCOC(=O)[C@@H]1C[C@@H](C)[C@](C(=O)OCC)(S(=O)(=O)CC)C1. The molecule has 1 rings (SSSR count). The van der Waals surface area contributed by atoms with Crippen molar-refractivity contribution < 1.29 is 27.5 Å². The molecule has 0 amide bonds. The smallest absolute Gasteiger partial charge is 0.327 e. The van der Waals surface area contributed by atoms with Crippen molar-refractivity contribution in [3.05, 3.63) is 0 Å². The first kappa shape index (κ1) is 17.9. The van der Waals surface area contributed by atoms with Gasteiger partial charge in [0, 0.05) is 5.75 Å². The summed E-state index contributed by atoms with van der Waals surface area (Å²) < 4.78 is 33.4. The van der Waals surface area contributed by atoms with Crippen LogP contribution in [0.2, 0.25) is 0 Å². The lowest BCUT2D eigenvalue weighted by atomic mass is 9.97. The van der Waals surface area contributed by atoms with Crippen LogP contribution in [0.4, 0.5) is 0 Å². The molecule has 0 heterocycles. The summed E-state index contributed by atoms with van der Waals surface area (Å²) in [6.07, 6.45) is 0.263. The molecule has 0 aliphatic heterocycles. The summed E-state index contributed by atoms with van der Waals surface area (Å²) in [6, 6.07) is 0. The van der Waals surface area contributed by atoms with Gasteiger partial charge >= 0.3 is 11.9 Å². The Morgan fingerprint density at radius 3 is 2.19 bits per heavy atom. The molecule has 0 radical (unpaired) electrons. The molecule has 0 bridgehead atoms. The average Bonchev–Trinajstić information content (AvgIpc) is 2.79. The van der Waals surface area contributed by atoms with Crippen LogP contribution in [-0.2, 0) is 28.9 Å². The van der Waals surface area contributed by atoms with E-state index in [-0.39, 0.29) is 25.4 Å². The molecule has 0 aromatic carbocycles. The van der Waals surface area contributed by atoms with Gasteiger partial charge in [0.05, 0.1) is 19.1 Å². The number of hydrogen-bond acceptors (Lipinski definition) is 6. The van der Waals surface area contributed by atoms with Gasteiger partial charge in [-0.2, -0.15) is 0 Å². The quantitative estimate of drug-likeness (QED) is 0.686. The van der Waals surface area contributed by atoms with Gasteiger partial charge in [0.2, 0.25) is 0 Å². The molecule has 0 N–H and O–H groups in total. The van der Waals surface area contributed by atoms with Crippen molar-refractivity contribution >= 4 is 21.8 Å². The maximum absolute atomic E-state index is 12.5. The second-order valence-corrected chi connectivity index (χ2v) is 7.84. The lowest BCUT2D eigenvalue weighted by molar-refractivity contribution is -0.148. The summed E-state index contributed by atoms with van der Waals surface area (Å²) in [5.74, 6) is -2.40. The van der Waals surface area contributed by atoms with E-state index < -0.39 is 38.4 Å². The molecule has 0 spiro atoms. The van der Waals surface area contributed by atoms with E-state index >= 15 is 0 Å². The van der Waals surface area contributed by atoms with Gasteiger partial charge in [-0.25, -0.2) is 8.42 Å². The third kappa shape index (κ3) is 3.07. The third-order valence-corrected chi connectivity index (χ3v) is 6.77. The van der Waals surface area contributed by atoms with Crippen LogP contribution in [0.15, 0.2) is 0 Å². The molecular weight excluding hydrogens is 296 g/mol. The first-order chi connectivity index (χ1) is 9.76. The van der Waals surface area contributed by atoms with Gasteiger partial charge in [-0.05, 0) is 32.6 Å². The Kier molecular flexibility index (Phi) is 5.78. The molecule has 21 heavy (non-hydrogen) atoms. The van der Waals surface area contributed by atoms with E-state index in [1.807, 2.05) is 0 Å². The van der Waals surface area contributed by atoms with E-state index in [2.05, 4.69) is 0 Å². The second-order valence-electron chi connectivity index (χ2n) is 5.30. The van der Waals surface area contributed by atoms with Gasteiger partial charge in [-0.3, -0.25) is 9.59 Å². The lowest BCUT2D eigenvalue weighted by Gasteiger charge is -2.30. The standard InChI is InChI=1S/C14H24O6S/c1-5-19-12(15)11-8-10(4)14(9-11,13(16)20-6-2)21(17,18)7-3/h10-11H,5-9H2,1-4H3/t10-,11-,14-/m1/s1. The van der Waals surface area contributed by atoms with E-state index in [0.717, 1.165) is 0 Å². The van der Waals surface area contributed by atoms with Crippen molar-refractivity contribution in [3.63, 3.8) is 0 Å². The van der Waals surface area contributed by atoms with Crippen LogP contribution in [0.3, 0.4) is 0 Å². The van der Waals surface area contributed by atoms with Crippen LogP contribution in [-0.4, -0.2) is 44.1 Å². The Labute approximate surface area is 126 Å². The maximum Gasteiger partial charge on any atom is 0.327 e. The summed E-state index contributed by atoms with van der Waals surface area (Å²) in [6.45, 7) is 6.85. The van der Waals surface area contributed by atoms with Crippen LogP contribution in [0.5, 0.6) is 0 Å². The predicted molar refractivity (Wildman–Crippen MR) is 77.3 cm³/mol. The van der Waals surface area contributed by atoms with E-state index in [1.54, 1.807) is 20.8 Å². The van der Waals surface area contributed by atoms with Gasteiger partial charge in [0.1, 0.15) is 0 Å². The van der Waals surface area contributed by atoms with Crippen LogP contribution >= 0.6 is 0 Å². The normalized spacial score (nSPS) is 29.1. The fourth-order valence-electron chi connectivity index (χ4n) is 3.06. The van der Waals surface area contributed by atoms with Crippen molar-refractivity contribution in [2.75, 3.05) is 19.0 Å². The van der Waals surface area contributed by atoms with E-state index in [0.29, 0.717) is 6.42 Å². The van der Waals surface area contributed by atoms with Crippen LogP contribution < -0.4 is 0 Å². The summed E-state index contributed by atoms with van der Waals surface area (Å²) in [5.41, 5.74) is 0. The molecule has 1 saturated carbocycles. The second kappa shape index (κ2) is 6.77. The highest BCUT2D eigenvalue weighted by Gasteiger charge is 2.61. The minimum Gasteiger partial charge on any atom is -0.466 e. The molecule has 0 saturated heterocycles. The van der Waals surface area contributed by atoms with Gasteiger partial charge in [-0.15, -0.1) is 0 Å². The monoisotopic (exact) mass is 320 g/mol. The maximum atomic E-state index is 12.5. The highest BCUT2D eigenvalue weighted by atomic mass is 32.2. The van der Waals surface area contributed by atoms with Gasteiger partial charge < -0.3 is 9.47 Å². The molecule has 3 atom stereocenters. The van der Waals surface area contributed by atoms with Crippen molar-refractivity contribution in [3.8, 4) is 0 Å². The average molecular weight is 320 g/mol. The van der Waals surface area contributed by atoms with E-state index in [4.69, 9.17) is 9.47 Å². The Morgan fingerprint density at radius 1 is 1.14 bits per heavy atom. The zero-order chi connectivity index (χ0) is 16.3. The topological polar surface area (TPSA) is 86.7 Å². The van der Waals surface area contributed by atoms with E-state index in [1.165, 1.54) is 6.92 Å². The Bertz CT molecular complexity index is 498. The zero-order valence-corrected chi connectivity index (χ0v) is 13.9. The van der Waals surface area contributed by atoms with Crippen molar-refractivity contribution in [1.82, 2.24) is 0 Å². The van der Waals surface area contributed by atoms with Crippen molar-refractivity contribution in [1.29, 1.82) is 0 Å². The van der Waals surface area contributed by atoms with Crippen LogP contribution in [0.25, 0.3) is 0 Å². The van der Waals surface area contributed by atoms with Crippen molar-refractivity contribution in [2.45, 2.75) is 45.3 Å². The van der Waals surface area contributed by atoms with E-state index in [9.17, 15) is 18.0 Å². The van der Waals surface area contributed by atoms with Gasteiger partial charge in [-0.1, -0.05) is 13.8 Å². The Balaban J connectivity index is 3.21. The number of carbonyl (C=O) groups is 2. The number of carbonyl (C=O) groups excluding carboxylic acids is 2. The predicted octanol–water partition coefficient (Wildman–Crippen LogP) is 1.33. The molecule has 7 heteroatoms. The first-order valence-electron chi connectivity index (χ1n) is 7.32. The minimum atomic E-state index is -3.69. The fourth-order valence-corrected chi connectivity index (χ4v) is 5.06. The largest absolute Gasteiger partial charge is 0.466 e. The lowest BCUT2D eigenvalue weighted by Crippen LogP contribution is -2.50. The number of rotatable bonds is 6. The first-order valence-corrected chi connectivity index (χ1v) is 8.98. The number of hydrogen-bond donors (Lipinski definition) is 0. The summed E-state index contributed by atoms with van der Waals surface area (Å²) >= 11 is 0. The Morgan fingerprint density at radius 2 is 1.71 bits per heavy atom. The molecule has 0 unspecified atom stereocenters. The van der Waals surface area contributed by atoms with Crippen molar-refractivity contribution in [2.24, 2.45) is 11.8 Å². The molecule has 122 valence electrons. The number of ether oxygens (including phenoxy) is 2. The number of sulfone groups is 1. The minimum absolute atomic E-state index is 0.0536. The Hall–Kier alpha value is -1.11. The molecular formula is C14H24O6S.